The summed E-state index contributed by atoms with van der Waals surface area (Å²) >= 11 is 0. The van der Waals surface area contributed by atoms with Crippen LogP contribution in [0.4, 0.5) is 0 Å². The second kappa shape index (κ2) is 19.3. The van der Waals surface area contributed by atoms with Gasteiger partial charge in [-0.25, -0.2) is 0 Å². The molecule has 0 aromatic heterocycles. The van der Waals surface area contributed by atoms with Gasteiger partial charge in [-0.2, -0.15) is 0 Å². The van der Waals surface area contributed by atoms with Crippen LogP contribution in [0.1, 0.15) is 108 Å². The van der Waals surface area contributed by atoms with Crippen LogP contribution in [-0.2, 0) is 14.3 Å². The molecule has 3 unspecified atom stereocenters. The van der Waals surface area contributed by atoms with Gasteiger partial charge in [0.1, 0.15) is 6.10 Å². The smallest absolute Gasteiger partial charge is 0.306 e. The number of aliphatic carboxylic acids is 1. The van der Waals surface area contributed by atoms with E-state index in [0.29, 0.717) is 30.1 Å². The van der Waals surface area contributed by atoms with E-state index in [0.717, 1.165) is 11.1 Å². The number of carboxylic acids is 1. The molecule has 0 aliphatic heterocycles. The van der Waals surface area contributed by atoms with Crippen LogP contribution in [-0.4, -0.2) is 23.1 Å². The van der Waals surface area contributed by atoms with Gasteiger partial charge in [0.05, 0.1) is 12.8 Å². The summed E-state index contributed by atoms with van der Waals surface area (Å²) < 4.78 is 5.60. The van der Waals surface area contributed by atoms with Gasteiger partial charge in [-0.05, 0) is 76.7 Å². The van der Waals surface area contributed by atoms with E-state index in [1.54, 1.807) is 0 Å². The zero-order valence-electron chi connectivity index (χ0n) is 32.1. The van der Waals surface area contributed by atoms with Crippen LogP contribution in [0.5, 0.6) is 0 Å². The highest BCUT2D eigenvalue weighted by atomic mass is 16.5. The van der Waals surface area contributed by atoms with Gasteiger partial charge in [0.15, 0.2) is 0 Å². The Labute approximate surface area is 297 Å². The summed E-state index contributed by atoms with van der Waals surface area (Å²) in [5.41, 5.74) is 8.81. The van der Waals surface area contributed by atoms with Crippen molar-refractivity contribution in [2.24, 2.45) is 22.7 Å². The second-order valence-electron chi connectivity index (χ2n) is 15.5. The number of carboxylic acid groups (broad SMARTS) is 1. The molecule has 0 spiro atoms. The molecular formula is C45H62O4. The van der Waals surface area contributed by atoms with Crippen LogP contribution < -0.4 is 0 Å². The Hall–Kier alpha value is -3.92. The molecule has 4 heteroatoms. The largest absolute Gasteiger partial charge is 0.481 e. The van der Waals surface area contributed by atoms with Crippen molar-refractivity contribution in [3.8, 4) is 0 Å². The van der Waals surface area contributed by atoms with Crippen LogP contribution in [0.3, 0.4) is 0 Å². The van der Waals surface area contributed by atoms with Gasteiger partial charge < -0.3 is 9.84 Å². The summed E-state index contributed by atoms with van der Waals surface area (Å²) in [6, 6.07) is 0. The third-order valence-corrected chi connectivity index (χ3v) is 9.36. The monoisotopic (exact) mass is 666 g/mol. The highest BCUT2D eigenvalue weighted by Crippen LogP contribution is 2.44. The standard InChI is InChI=1S/C45H62O4/c1-32(18-14-20-34(3)22-24-40-37(6)28-36(5)30-44(40,8)9)16-12-13-17-33(2)19-15-21-35(4)23-25-41-38(7)29-39(31-45(41,10)11)49-43(48)27-26-42(46)47/h12-25,28,36,39-40H,26-27,29-31H2,1-11H3,(H,46,47)/b13-12+,18-14+,19-15+,24-22+,25-23+,32-16+,33-17+,34-20+,35-21+. The fraction of sp³-hybridized carbons (Fsp3) is 0.467. The predicted octanol–water partition coefficient (Wildman–Crippen LogP) is 12.1. The van der Waals surface area contributed by atoms with E-state index >= 15 is 0 Å². The minimum absolute atomic E-state index is 0.0912. The van der Waals surface area contributed by atoms with Gasteiger partial charge in [-0.15, -0.1) is 0 Å². The number of allylic oxidation sites excluding steroid dienone is 21. The van der Waals surface area contributed by atoms with Gasteiger partial charge in [-0.3, -0.25) is 9.59 Å². The zero-order valence-corrected chi connectivity index (χ0v) is 32.1. The van der Waals surface area contributed by atoms with Crippen molar-refractivity contribution in [2.45, 2.75) is 114 Å². The number of hydrogen-bond acceptors (Lipinski definition) is 3. The molecule has 49 heavy (non-hydrogen) atoms. The Morgan fingerprint density at radius 1 is 0.796 bits per heavy atom. The maximum Gasteiger partial charge on any atom is 0.306 e. The summed E-state index contributed by atoms with van der Waals surface area (Å²) in [6.45, 7) is 24.2. The lowest BCUT2D eigenvalue weighted by molar-refractivity contribution is -0.153. The number of ether oxygens (including phenoxy) is 1. The zero-order chi connectivity index (χ0) is 36.8. The number of carbonyl (C=O) groups is 2. The molecule has 0 amide bonds. The fourth-order valence-corrected chi connectivity index (χ4v) is 7.09. The van der Waals surface area contributed by atoms with Gasteiger partial charge >= 0.3 is 11.9 Å². The number of carbonyl (C=O) groups excluding carboxylic acids is 1. The molecule has 0 radical (unpaired) electrons. The summed E-state index contributed by atoms with van der Waals surface area (Å²) in [7, 11) is 0. The molecule has 0 fully saturated rings. The molecule has 2 aliphatic carbocycles. The maximum atomic E-state index is 12.1. The number of rotatable bonds is 14. The molecule has 1 N–H and O–H groups in total. The first-order valence-electron chi connectivity index (χ1n) is 17.8. The molecule has 0 bridgehead atoms. The minimum atomic E-state index is -0.989. The Bertz CT molecular complexity index is 1520. The SMILES string of the molecule is CC1=CC(C)CC(C)(C)C1/C=C/C(C)=C/C=C/C(C)=C/C=C/C=C(C)/C=C/C=C(C)/C=C/C1=C(C)CC(OC(=O)CCC(=O)O)CC1(C)C. The topological polar surface area (TPSA) is 63.6 Å². The van der Waals surface area contributed by atoms with Crippen molar-refractivity contribution in [2.75, 3.05) is 0 Å². The molecule has 2 rings (SSSR count). The Morgan fingerprint density at radius 3 is 1.86 bits per heavy atom. The molecule has 0 aromatic rings. The lowest BCUT2D eigenvalue weighted by Gasteiger charge is -2.39. The van der Waals surface area contributed by atoms with Crippen LogP contribution >= 0.6 is 0 Å². The first-order chi connectivity index (χ1) is 22.9. The third kappa shape index (κ3) is 15.0. The van der Waals surface area contributed by atoms with E-state index < -0.39 is 11.9 Å². The van der Waals surface area contributed by atoms with Crippen LogP contribution in [0.15, 0.2) is 130 Å². The van der Waals surface area contributed by atoms with E-state index in [1.807, 2.05) is 0 Å². The first-order valence-corrected chi connectivity index (χ1v) is 17.8. The molecule has 0 aromatic carbocycles. The average molecular weight is 667 g/mol. The fourth-order valence-electron chi connectivity index (χ4n) is 7.09. The summed E-state index contributed by atoms with van der Waals surface area (Å²) in [6.07, 6.45) is 34.5. The highest BCUT2D eigenvalue weighted by molar-refractivity contribution is 5.76. The van der Waals surface area contributed by atoms with Crippen molar-refractivity contribution in [3.05, 3.63) is 130 Å². The normalized spacial score (nSPS) is 24.2. The second-order valence-corrected chi connectivity index (χ2v) is 15.5. The first kappa shape index (κ1) is 41.3. The summed E-state index contributed by atoms with van der Waals surface area (Å²) in [5, 5.41) is 8.82. The maximum absolute atomic E-state index is 12.1. The quantitative estimate of drug-likeness (QED) is 0.114. The van der Waals surface area contributed by atoms with Gasteiger partial charge in [-0.1, -0.05) is 159 Å². The summed E-state index contributed by atoms with van der Waals surface area (Å²) in [4.78, 5) is 22.8. The molecule has 0 heterocycles. The van der Waals surface area contributed by atoms with Gasteiger partial charge in [0, 0.05) is 12.3 Å². The highest BCUT2D eigenvalue weighted by Gasteiger charge is 2.35. The van der Waals surface area contributed by atoms with E-state index in [1.165, 1.54) is 34.3 Å². The predicted molar refractivity (Wildman–Crippen MR) is 208 cm³/mol. The minimum Gasteiger partial charge on any atom is -0.481 e. The van der Waals surface area contributed by atoms with Crippen molar-refractivity contribution in [1.29, 1.82) is 0 Å². The van der Waals surface area contributed by atoms with Gasteiger partial charge in [0.25, 0.3) is 0 Å². The van der Waals surface area contributed by atoms with Crippen LogP contribution in [0.2, 0.25) is 0 Å². The van der Waals surface area contributed by atoms with Gasteiger partial charge in [0.2, 0.25) is 0 Å². The molecule has 0 saturated carbocycles. The van der Waals surface area contributed by atoms with E-state index in [9.17, 15) is 9.59 Å². The van der Waals surface area contributed by atoms with Crippen molar-refractivity contribution in [3.63, 3.8) is 0 Å². The Morgan fingerprint density at radius 2 is 1.33 bits per heavy atom. The van der Waals surface area contributed by atoms with Crippen molar-refractivity contribution < 1.29 is 19.4 Å². The molecule has 4 nitrogen and oxygen atoms in total. The van der Waals surface area contributed by atoms with E-state index in [2.05, 4.69) is 167 Å². The molecule has 2 aliphatic rings. The van der Waals surface area contributed by atoms with E-state index in [4.69, 9.17) is 9.84 Å². The average Bonchev–Trinajstić information content (AvgIpc) is 2.96. The van der Waals surface area contributed by atoms with Crippen LogP contribution in [0, 0.1) is 22.7 Å². The Kier molecular flexibility index (Phi) is 16.3. The van der Waals surface area contributed by atoms with Crippen LogP contribution in [0.25, 0.3) is 0 Å². The molecule has 0 saturated heterocycles. The van der Waals surface area contributed by atoms with Crippen molar-refractivity contribution in [1.82, 2.24) is 0 Å². The lowest BCUT2D eigenvalue weighted by atomic mass is 9.66. The van der Waals surface area contributed by atoms with E-state index in [-0.39, 0.29) is 24.4 Å². The number of hydrogen-bond donors (Lipinski definition) is 1. The molecule has 3 atom stereocenters. The third-order valence-electron chi connectivity index (χ3n) is 9.36. The molecule has 266 valence electrons. The Balaban J connectivity index is 1.90. The summed E-state index contributed by atoms with van der Waals surface area (Å²) in [5.74, 6) is -0.285. The van der Waals surface area contributed by atoms with Crippen molar-refractivity contribution >= 4 is 11.9 Å². The number of esters is 1. The molecular weight excluding hydrogens is 604 g/mol. The lowest BCUT2D eigenvalue weighted by Crippen LogP contribution is -2.32.